The van der Waals surface area contributed by atoms with Crippen LogP contribution in [0.25, 0.3) is 0 Å². The third kappa shape index (κ3) is 5.20. The molecular formula is C19H23BrN4OS. The summed E-state index contributed by atoms with van der Waals surface area (Å²) in [5.41, 5.74) is 0.776. The standard InChI is InChI=1S/C19H23BrN4OS/c1-13-7-14(2)10-24(9-13)17-8-19(22-12-21-17)26-11-18(25)23-16-6-4-3-5-15(16)20/h3-6,8,12-14H,7,9-11H2,1-2H3,(H,23,25)/t13-,14-/m1/s1. The zero-order valence-electron chi connectivity index (χ0n) is 15.0. The average Bonchev–Trinajstić information content (AvgIpc) is 2.61. The molecule has 1 aliphatic heterocycles. The van der Waals surface area contributed by atoms with Crippen LogP contribution in [0.2, 0.25) is 0 Å². The van der Waals surface area contributed by atoms with Gasteiger partial charge in [-0.25, -0.2) is 9.97 Å². The quantitative estimate of drug-likeness (QED) is 0.556. The Morgan fingerprint density at radius 1 is 1.27 bits per heavy atom. The molecule has 2 aromatic rings. The predicted octanol–water partition coefficient (Wildman–Crippen LogP) is 4.45. The van der Waals surface area contributed by atoms with E-state index in [2.05, 4.69) is 50.0 Å². The number of nitrogens with one attached hydrogen (secondary N) is 1. The van der Waals surface area contributed by atoms with Crippen LogP contribution in [-0.2, 0) is 4.79 Å². The third-order valence-electron chi connectivity index (χ3n) is 4.32. The maximum absolute atomic E-state index is 12.2. The van der Waals surface area contributed by atoms with Crippen molar-refractivity contribution < 1.29 is 4.79 Å². The first-order chi connectivity index (χ1) is 12.5. The van der Waals surface area contributed by atoms with E-state index in [4.69, 9.17) is 0 Å². The lowest BCUT2D eigenvalue weighted by Gasteiger charge is -2.35. The molecule has 1 saturated heterocycles. The molecular weight excluding hydrogens is 412 g/mol. The van der Waals surface area contributed by atoms with E-state index >= 15 is 0 Å². The Bertz CT molecular complexity index is 763. The first kappa shape index (κ1) is 19.2. The molecule has 1 fully saturated rings. The molecule has 1 N–H and O–H groups in total. The van der Waals surface area contributed by atoms with Crippen molar-refractivity contribution in [2.75, 3.05) is 29.1 Å². The lowest BCUT2D eigenvalue weighted by molar-refractivity contribution is -0.113. The summed E-state index contributed by atoms with van der Waals surface area (Å²) in [4.78, 5) is 23.3. The number of hydrogen-bond acceptors (Lipinski definition) is 5. The lowest BCUT2D eigenvalue weighted by Crippen LogP contribution is -2.39. The highest BCUT2D eigenvalue weighted by Crippen LogP contribution is 2.27. The highest BCUT2D eigenvalue weighted by atomic mass is 79.9. The molecule has 0 spiro atoms. The van der Waals surface area contributed by atoms with Crippen molar-refractivity contribution in [3.05, 3.63) is 41.1 Å². The van der Waals surface area contributed by atoms with Crippen molar-refractivity contribution in [1.29, 1.82) is 0 Å². The number of carbonyl (C=O) groups excluding carboxylic acids is 1. The second-order valence-corrected chi connectivity index (χ2v) is 8.73. The van der Waals surface area contributed by atoms with E-state index in [1.165, 1.54) is 18.2 Å². The number of benzene rings is 1. The van der Waals surface area contributed by atoms with Crippen LogP contribution >= 0.6 is 27.7 Å². The van der Waals surface area contributed by atoms with E-state index in [0.717, 1.165) is 34.1 Å². The summed E-state index contributed by atoms with van der Waals surface area (Å²) in [5, 5.41) is 3.73. The van der Waals surface area contributed by atoms with Crippen molar-refractivity contribution in [1.82, 2.24) is 9.97 Å². The van der Waals surface area contributed by atoms with Gasteiger partial charge in [0.15, 0.2) is 0 Å². The fourth-order valence-corrected chi connectivity index (χ4v) is 4.37. The zero-order valence-corrected chi connectivity index (χ0v) is 17.4. The van der Waals surface area contributed by atoms with E-state index in [-0.39, 0.29) is 5.91 Å². The van der Waals surface area contributed by atoms with Gasteiger partial charge in [-0.3, -0.25) is 4.79 Å². The predicted molar refractivity (Wildman–Crippen MR) is 111 cm³/mol. The molecule has 7 heteroatoms. The first-order valence-corrected chi connectivity index (χ1v) is 10.5. The Kier molecular flexibility index (Phi) is 6.53. The van der Waals surface area contributed by atoms with Crippen LogP contribution in [0, 0.1) is 11.8 Å². The van der Waals surface area contributed by atoms with Gasteiger partial charge < -0.3 is 10.2 Å². The monoisotopic (exact) mass is 434 g/mol. The number of para-hydroxylation sites is 1. The van der Waals surface area contributed by atoms with Crippen molar-refractivity contribution in [2.45, 2.75) is 25.3 Å². The second kappa shape index (κ2) is 8.86. The van der Waals surface area contributed by atoms with E-state index in [0.29, 0.717) is 17.6 Å². The number of hydrogen-bond donors (Lipinski definition) is 1. The van der Waals surface area contributed by atoms with E-state index < -0.39 is 0 Å². The number of carbonyl (C=O) groups is 1. The number of piperidine rings is 1. The molecule has 1 amide bonds. The second-order valence-electron chi connectivity index (χ2n) is 6.88. The highest BCUT2D eigenvalue weighted by molar-refractivity contribution is 9.10. The van der Waals surface area contributed by atoms with Gasteiger partial charge in [0.25, 0.3) is 0 Å². The average molecular weight is 435 g/mol. The van der Waals surface area contributed by atoms with Gasteiger partial charge in [0, 0.05) is 23.6 Å². The maximum Gasteiger partial charge on any atom is 0.234 e. The number of halogens is 1. The van der Waals surface area contributed by atoms with Crippen molar-refractivity contribution in [3.8, 4) is 0 Å². The minimum absolute atomic E-state index is 0.0534. The van der Waals surface area contributed by atoms with Crippen molar-refractivity contribution in [2.24, 2.45) is 11.8 Å². The van der Waals surface area contributed by atoms with Gasteiger partial charge in [0.05, 0.1) is 11.4 Å². The Morgan fingerprint density at radius 3 is 2.73 bits per heavy atom. The summed E-state index contributed by atoms with van der Waals surface area (Å²) in [5.74, 6) is 2.54. The summed E-state index contributed by atoms with van der Waals surface area (Å²) < 4.78 is 0.871. The molecule has 3 rings (SSSR count). The topological polar surface area (TPSA) is 58.1 Å². The van der Waals surface area contributed by atoms with E-state index in [9.17, 15) is 4.79 Å². The Balaban J connectivity index is 1.58. The Labute approximate surface area is 167 Å². The van der Waals surface area contributed by atoms with Gasteiger partial charge in [0.2, 0.25) is 5.91 Å². The Hall–Kier alpha value is -1.60. The molecule has 26 heavy (non-hydrogen) atoms. The van der Waals surface area contributed by atoms with Crippen LogP contribution < -0.4 is 10.2 Å². The molecule has 5 nitrogen and oxygen atoms in total. The van der Waals surface area contributed by atoms with Gasteiger partial charge in [-0.05, 0) is 46.3 Å². The lowest BCUT2D eigenvalue weighted by atomic mass is 9.92. The minimum atomic E-state index is -0.0534. The first-order valence-electron chi connectivity index (χ1n) is 8.75. The van der Waals surface area contributed by atoms with Crippen LogP contribution in [0.3, 0.4) is 0 Å². The molecule has 1 aromatic carbocycles. The molecule has 138 valence electrons. The fourth-order valence-electron chi connectivity index (χ4n) is 3.32. The summed E-state index contributed by atoms with van der Waals surface area (Å²) >= 11 is 4.86. The smallest absolute Gasteiger partial charge is 0.234 e. The third-order valence-corrected chi connectivity index (χ3v) is 5.94. The van der Waals surface area contributed by atoms with Crippen LogP contribution in [0.4, 0.5) is 11.5 Å². The summed E-state index contributed by atoms with van der Waals surface area (Å²) in [6, 6.07) is 9.57. The number of amides is 1. The zero-order chi connectivity index (χ0) is 18.5. The number of rotatable bonds is 5. The highest BCUT2D eigenvalue weighted by Gasteiger charge is 2.23. The number of anilines is 2. The Morgan fingerprint density at radius 2 is 2.00 bits per heavy atom. The van der Waals surface area contributed by atoms with Crippen LogP contribution in [0.1, 0.15) is 20.3 Å². The molecule has 0 radical (unpaired) electrons. The molecule has 2 atom stereocenters. The fraction of sp³-hybridized carbons (Fsp3) is 0.421. The molecule has 1 aliphatic rings. The maximum atomic E-state index is 12.2. The van der Waals surface area contributed by atoms with Gasteiger partial charge in [-0.1, -0.05) is 37.7 Å². The summed E-state index contributed by atoms with van der Waals surface area (Å²) in [6.45, 7) is 6.61. The summed E-state index contributed by atoms with van der Waals surface area (Å²) in [7, 11) is 0. The van der Waals surface area contributed by atoms with Gasteiger partial charge in [-0.2, -0.15) is 0 Å². The molecule has 0 unspecified atom stereocenters. The van der Waals surface area contributed by atoms with Gasteiger partial charge in [0.1, 0.15) is 17.2 Å². The SMILES string of the molecule is C[C@@H]1C[C@@H](C)CN(c2cc(SCC(=O)Nc3ccccc3Br)ncn2)C1. The van der Waals surface area contributed by atoms with Crippen molar-refractivity contribution in [3.63, 3.8) is 0 Å². The van der Waals surface area contributed by atoms with E-state index in [1.54, 1.807) is 6.33 Å². The van der Waals surface area contributed by atoms with Gasteiger partial charge >= 0.3 is 0 Å². The number of nitrogens with zero attached hydrogens (tertiary/aromatic N) is 3. The van der Waals surface area contributed by atoms with Crippen molar-refractivity contribution >= 4 is 45.1 Å². The normalized spacial score (nSPS) is 20.0. The minimum Gasteiger partial charge on any atom is -0.356 e. The molecule has 2 heterocycles. The van der Waals surface area contributed by atoms with Crippen LogP contribution in [0.15, 0.2) is 46.2 Å². The largest absolute Gasteiger partial charge is 0.356 e. The number of thioether (sulfide) groups is 1. The van der Waals surface area contributed by atoms with Crippen LogP contribution in [-0.4, -0.2) is 34.7 Å². The molecule has 0 saturated carbocycles. The van der Waals surface area contributed by atoms with Gasteiger partial charge in [-0.15, -0.1) is 0 Å². The number of aromatic nitrogens is 2. The molecule has 0 aliphatic carbocycles. The summed E-state index contributed by atoms with van der Waals surface area (Å²) in [6.07, 6.45) is 2.85. The van der Waals surface area contributed by atoms with E-state index in [1.807, 2.05) is 30.3 Å². The molecule has 1 aromatic heterocycles. The molecule has 0 bridgehead atoms. The van der Waals surface area contributed by atoms with Crippen LogP contribution in [0.5, 0.6) is 0 Å².